The lowest BCUT2D eigenvalue weighted by atomic mass is 10.1. The summed E-state index contributed by atoms with van der Waals surface area (Å²) >= 11 is 6.03. The zero-order valence-electron chi connectivity index (χ0n) is 16.3. The number of nitro groups is 1. The van der Waals surface area contributed by atoms with E-state index in [0.29, 0.717) is 5.56 Å². The van der Waals surface area contributed by atoms with Gasteiger partial charge >= 0.3 is 5.97 Å². The largest absolute Gasteiger partial charge is 0.452 e. The first kappa shape index (κ1) is 21.9. The summed E-state index contributed by atoms with van der Waals surface area (Å²) in [6, 6.07) is 8.25. The second-order valence-electron chi connectivity index (χ2n) is 6.41. The number of carbonyl (C=O) groups excluding carboxylic acids is 2. The number of hydrogen-bond acceptors (Lipinski definition) is 7. The minimum atomic E-state index is -0.998. The molecule has 1 amide bonds. The van der Waals surface area contributed by atoms with E-state index in [1.54, 1.807) is 13.0 Å². The number of rotatable bonds is 6. The van der Waals surface area contributed by atoms with Crippen LogP contribution in [0.1, 0.15) is 21.7 Å². The third-order valence-corrected chi connectivity index (χ3v) is 4.63. The highest BCUT2D eigenvalue weighted by Gasteiger charge is 2.27. The first-order chi connectivity index (χ1) is 14.7. The Morgan fingerprint density at radius 3 is 2.65 bits per heavy atom. The Balaban J connectivity index is 1.78. The fraction of sp³-hybridized carbons (Fsp3) is 0.150. The molecule has 0 atom stereocenters. The van der Waals surface area contributed by atoms with E-state index in [1.807, 2.05) is 0 Å². The van der Waals surface area contributed by atoms with Crippen molar-refractivity contribution < 1.29 is 28.2 Å². The number of esters is 1. The molecule has 0 unspecified atom stereocenters. The minimum absolute atomic E-state index is 0.00599. The van der Waals surface area contributed by atoms with Crippen molar-refractivity contribution in [2.24, 2.45) is 0 Å². The van der Waals surface area contributed by atoms with Crippen LogP contribution in [-0.4, -0.2) is 28.6 Å². The molecular weight excluding hydrogens is 433 g/mol. The van der Waals surface area contributed by atoms with Gasteiger partial charge in [0.15, 0.2) is 6.61 Å². The molecule has 9 nitrogen and oxygen atoms in total. The third kappa shape index (κ3) is 4.53. The number of hydrogen-bond donors (Lipinski definition) is 1. The Hall–Kier alpha value is -3.79. The minimum Gasteiger partial charge on any atom is -0.452 e. The van der Waals surface area contributed by atoms with E-state index >= 15 is 0 Å². The fourth-order valence-electron chi connectivity index (χ4n) is 2.85. The van der Waals surface area contributed by atoms with Gasteiger partial charge in [-0.15, -0.1) is 0 Å². The molecule has 31 heavy (non-hydrogen) atoms. The molecule has 0 bridgehead atoms. The average molecular weight is 448 g/mol. The molecule has 1 N–H and O–H groups in total. The van der Waals surface area contributed by atoms with Crippen molar-refractivity contribution in [1.29, 1.82) is 0 Å². The van der Waals surface area contributed by atoms with Gasteiger partial charge in [-0.05, 0) is 31.5 Å². The molecule has 0 aliphatic carbocycles. The van der Waals surface area contributed by atoms with Gasteiger partial charge in [0.25, 0.3) is 11.6 Å². The maximum atomic E-state index is 14.2. The molecule has 0 saturated carbocycles. The Morgan fingerprint density at radius 2 is 1.97 bits per heavy atom. The van der Waals surface area contributed by atoms with Crippen LogP contribution in [0.4, 0.5) is 15.8 Å². The van der Waals surface area contributed by atoms with E-state index in [-0.39, 0.29) is 39.0 Å². The molecule has 0 aliphatic rings. The standard InChI is InChI=1S/C20H15ClFN3O6/c1-10-5-3-8-14(25(28)29)18(10)23-15(26)9-30-20(27)16-11(2)31-24-19(16)17-12(21)6-4-7-13(17)22/h3-8H,9H2,1-2H3,(H,23,26). The second-order valence-corrected chi connectivity index (χ2v) is 6.82. The van der Waals surface area contributed by atoms with Crippen LogP contribution in [0.3, 0.4) is 0 Å². The number of halogens is 2. The molecule has 0 spiro atoms. The van der Waals surface area contributed by atoms with Gasteiger partial charge in [-0.1, -0.05) is 35.0 Å². The number of aryl methyl sites for hydroxylation is 2. The SMILES string of the molecule is Cc1cccc([N+](=O)[O-])c1NC(=O)COC(=O)c1c(-c2c(F)cccc2Cl)noc1C. The van der Waals surface area contributed by atoms with Crippen LogP contribution in [0.2, 0.25) is 5.02 Å². The lowest BCUT2D eigenvalue weighted by molar-refractivity contribution is -0.384. The van der Waals surface area contributed by atoms with Crippen molar-refractivity contribution >= 4 is 34.9 Å². The number of nitrogens with zero attached hydrogens (tertiary/aromatic N) is 2. The first-order valence-corrected chi connectivity index (χ1v) is 9.20. The van der Waals surface area contributed by atoms with E-state index in [1.165, 1.54) is 31.2 Å². The summed E-state index contributed by atoms with van der Waals surface area (Å²) in [5, 5.41) is 17.2. The van der Waals surface area contributed by atoms with Crippen molar-refractivity contribution in [2.45, 2.75) is 13.8 Å². The molecule has 2 aromatic carbocycles. The molecule has 3 aromatic rings. The van der Waals surface area contributed by atoms with Gasteiger partial charge in [0, 0.05) is 6.07 Å². The predicted molar refractivity (Wildman–Crippen MR) is 108 cm³/mol. The van der Waals surface area contributed by atoms with Gasteiger partial charge in [0.05, 0.1) is 15.5 Å². The first-order valence-electron chi connectivity index (χ1n) is 8.82. The maximum Gasteiger partial charge on any atom is 0.344 e. The summed E-state index contributed by atoms with van der Waals surface area (Å²) in [6.45, 7) is 2.25. The Kier molecular flexibility index (Phi) is 6.30. The van der Waals surface area contributed by atoms with Crippen LogP contribution in [0, 0.1) is 29.8 Å². The molecule has 0 saturated heterocycles. The van der Waals surface area contributed by atoms with E-state index in [4.69, 9.17) is 20.9 Å². The zero-order valence-corrected chi connectivity index (χ0v) is 17.0. The van der Waals surface area contributed by atoms with Gasteiger partial charge in [0.1, 0.15) is 28.5 Å². The molecule has 1 aromatic heterocycles. The maximum absolute atomic E-state index is 14.2. The predicted octanol–water partition coefficient (Wildman–Crippen LogP) is 4.45. The Labute approximate surface area is 179 Å². The fourth-order valence-corrected chi connectivity index (χ4v) is 3.11. The van der Waals surface area contributed by atoms with Crippen LogP contribution in [0.15, 0.2) is 40.9 Å². The van der Waals surface area contributed by atoms with Gasteiger partial charge in [-0.3, -0.25) is 14.9 Å². The average Bonchev–Trinajstić information content (AvgIpc) is 3.08. The van der Waals surface area contributed by atoms with Gasteiger partial charge in [0.2, 0.25) is 0 Å². The van der Waals surface area contributed by atoms with Gasteiger partial charge in [-0.25, -0.2) is 9.18 Å². The summed E-state index contributed by atoms with van der Waals surface area (Å²) in [4.78, 5) is 35.3. The number of aromatic nitrogens is 1. The van der Waals surface area contributed by atoms with Crippen molar-refractivity contribution in [3.05, 3.63) is 74.2 Å². The van der Waals surface area contributed by atoms with E-state index in [9.17, 15) is 24.1 Å². The van der Waals surface area contributed by atoms with Crippen LogP contribution < -0.4 is 5.32 Å². The number of carbonyl (C=O) groups is 2. The summed E-state index contributed by atoms with van der Waals surface area (Å²) < 4.78 is 24.2. The summed E-state index contributed by atoms with van der Waals surface area (Å²) in [6.07, 6.45) is 0. The zero-order chi connectivity index (χ0) is 22.7. The molecule has 11 heteroatoms. The van der Waals surface area contributed by atoms with E-state index in [2.05, 4.69) is 10.5 Å². The molecule has 0 radical (unpaired) electrons. The number of amides is 1. The highest BCUT2D eigenvalue weighted by atomic mass is 35.5. The Bertz CT molecular complexity index is 1170. The van der Waals surface area contributed by atoms with Crippen molar-refractivity contribution in [3.8, 4) is 11.3 Å². The monoisotopic (exact) mass is 447 g/mol. The lowest BCUT2D eigenvalue weighted by Crippen LogP contribution is -2.22. The van der Waals surface area contributed by atoms with Gasteiger partial charge in [-0.2, -0.15) is 0 Å². The van der Waals surface area contributed by atoms with E-state index in [0.717, 1.165) is 6.07 Å². The van der Waals surface area contributed by atoms with Crippen LogP contribution in [-0.2, 0) is 9.53 Å². The Morgan fingerprint density at radius 1 is 1.26 bits per heavy atom. The van der Waals surface area contributed by atoms with Crippen LogP contribution >= 0.6 is 11.6 Å². The molecule has 1 heterocycles. The highest BCUT2D eigenvalue weighted by molar-refractivity contribution is 6.33. The van der Waals surface area contributed by atoms with Gasteiger partial charge < -0.3 is 14.6 Å². The van der Waals surface area contributed by atoms with Crippen molar-refractivity contribution in [1.82, 2.24) is 5.16 Å². The number of benzene rings is 2. The molecule has 0 aliphatic heterocycles. The number of nitro benzene ring substituents is 1. The number of ether oxygens (including phenoxy) is 1. The molecule has 0 fully saturated rings. The normalized spacial score (nSPS) is 10.6. The summed E-state index contributed by atoms with van der Waals surface area (Å²) in [5.41, 5.74) is -0.352. The van der Waals surface area contributed by atoms with E-state index < -0.39 is 29.2 Å². The molecule has 3 rings (SSSR count). The highest BCUT2D eigenvalue weighted by Crippen LogP contribution is 2.34. The summed E-state index contributed by atoms with van der Waals surface area (Å²) in [7, 11) is 0. The second kappa shape index (κ2) is 8.92. The number of para-hydroxylation sites is 1. The summed E-state index contributed by atoms with van der Waals surface area (Å²) in [5.74, 6) is -2.48. The smallest absolute Gasteiger partial charge is 0.344 e. The van der Waals surface area contributed by atoms with Crippen LogP contribution in [0.25, 0.3) is 11.3 Å². The van der Waals surface area contributed by atoms with Crippen LogP contribution in [0.5, 0.6) is 0 Å². The number of nitrogens with one attached hydrogen (secondary N) is 1. The number of anilines is 1. The quantitative estimate of drug-likeness (QED) is 0.336. The third-order valence-electron chi connectivity index (χ3n) is 4.31. The van der Waals surface area contributed by atoms with Crippen molar-refractivity contribution in [3.63, 3.8) is 0 Å². The van der Waals surface area contributed by atoms with Crippen molar-refractivity contribution in [2.75, 3.05) is 11.9 Å². The molecular formula is C20H15ClFN3O6. The molecule has 160 valence electrons. The topological polar surface area (TPSA) is 125 Å². The lowest BCUT2D eigenvalue weighted by Gasteiger charge is -2.10.